The summed E-state index contributed by atoms with van der Waals surface area (Å²) in [5.74, 6) is -0.164. The number of fused-ring (bicyclic) bond motifs is 1. The van der Waals surface area contributed by atoms with Crippen molar-refractivity contribution in [3.8, 4) is 5.75 Å². The number of nitro groups is 1. The van der Waals surface area contributed by atoms with Crippen LogP contribution in [-0.2, 0) is 0 Å². The molecule has 21 heavy (non-hydrogen) atoms. The summed E-state index contributed by atoms with van der Waals surface area (Å²) in [7, 11) is 0. The predicted octanol–water partition coefficient (Wildman–Crippen LogP) is 1.55. The van der Waals surface area contributed by atoms with Gasteiger partial charge in [-0.05, 0) is 18.2 Å². The van der Waals surface area contributed by atoms with Gasteiger partial charge < -0.3 is 15.7 Å². The average molecular weight is 286 g/mol. The summed E-state index contributed by atoms with van der Waals surface area (Å²) in [6.07, 6.45) is 0.731. The van der Waals surface area contributed by atoms with E-state index in [1.54, 1.807) is 12.1 Å². The number of carbonyl (C=O) groups excluding carboxylic acids is 1. The zero-order valence-corrected chi connectivity index (χ0v) is 10.6. The van der Waals surface area contributed by atoms with Gasteiger partial charge in [0, 0.05) is 23.9 Å². The number of nitrogens with one attached hydrogen (secondary N) is 2. The first-order chi connectivity index (χ1) is 10.1. The summed E-state index contributed by atoms with van der Waals surface area (Å²) in [5, 5.41) is 26.2. The van der Waals surface area contributed by atoms with E-state index in [-0.39, 0.29) is 22.9 Å². The third-order valence-corrected chi connectivity index (χ3v) is 3.14. The van der Waals surface area contributed by atoms with Crippen molar-refractivity contribution in [3.05, 3.63) is 57.8 Å². The molecule has 8 heteroatoms. The maximum absolute atomic E-state index is 12.0. The number of non-ortho nitro benzene ring substituents is 1. The minimum Gasteiger partial charge on any atom is -0.508 e. The monoisotopic (exact) mass is 286 g/mol. The fourth-order valence-electron chi connectivity index (χ4n) is 2.13. The molecule has 106 valence electrons. The van der Waals surface area contributed by atoms with Gasteiger partial charge in [-0.25, -0.2) is 4.98 Å². The maximum atomic E-state index is 12.0. The van der Waals surface area contributed by atoms with Gasteiger partial charge >= 0.3 is 0 Å². The van der Waals surface area contributed by atoms with Gasteiger partial charge in [0.1, 0.15) is 17.7 Å². The molecule has 0 aliphatic carbocycles. The second kappa shape index (κ2) is 4.75. The maximum Gasteiger partial charge on any atom is 0.270 e. The molecule has 1 aliphatic rings. The largest absolute Gasteiger partial charge is 0.508 e. The van der Waals surface area contributed by atoms with Crippen LogP contribution >= 0.6 is 0 Å². The summed E-state index contributed by atoms with van der Waals surface area (Å²) in [4.78, 5) is 26.3. The zero-order chi connectivity index (χ0) is 15.0. The van der Waals surface area contributed by atoms with E-state index in [0.29, 0.717) is 11.4 Å². The summed E-state index contributed by atoms with van der Waals surface area (Å²) < 4.78 is 0. The van der Waals surface area contributed by atoms with E-state index in [2.05, 4.69) is 15.6 Å². The van der Waals surface area contributed by atoms with Gasteiger partial charge in [-0.3, -0.25) is 14.9 Å². The lowest BCUT2D eigenvalue weighted by molar-refractivity contribution is -0.385. The van der Waals surface area contributed by atoms with Crippen LogP contribution in [0.15, 0.2) is 36.5 Å². The fraction of sp³-hybridized carbons (Fsp3) is 0.0769. The Morgan fingerprint density at radius 2 is 2.10 bits per heavy atom. The van der Waals surface area contributed by atoms with Crippen LogP contribution in [0.25, 0.3) is 0 Å². The van der Waals surface area contributed by atoms with Gasteiger partial charge in [0.2, 0.25) is 0 Å². The molecule has 1 unspecified atom stereocenters. The minimum absolute atomic E-state index is 0.155. The molecular formula is C13H10N4O4. The third-order valence-electron chi connectivity index (χ3n) is 3.14. The predicted molar refractivity (Wildman–Crippen MR) is 72.8 cm³/mol. The number of hydrogen-bond donors (Lipinski definition) is 3. The Morgan fingerprint density at radius 3 is 2.86 bits per heavy atom. The molecule has 0 bridgehead atoms. The smallest absolute Gasteiger partial charge is 0.270 e. The zero-order valence-electron chi connectivity index (χ0n) is 10.6. The van der Waals surface area contributed by atoms with Crippen molar-refractivity contribution < 1.29 is 14.8 Å². The average Bonchev–Trinajstić information content (AvgIpc) is 2.47. The molecule has 2 heterocycles. The molecule has 0 radical (unpaired) electrons. The van der Waals surface area contributed by atoms with Crippen LogP contribution in [0.5, 0.6) is 5.75 Å². The van der Waals surface area contributed by atoms with E-state index in [1.807, 2.05) is 0 Å². The molecule has 1 aromatic heterocycles. The third kappa shape index (κ3) is 2.22. The summed E-state index contributed by atoms with van der Waals surface area (Å²) in [6.45, 7) is 0. The van der Waals surface area contributed by atoms with Gasteiger partial charge in [0.05, 0.1) is 10.5 Å². The van der Waals surface area contributed by atoms with E-state index in [4.69, 9.17) is 0 Å². The second-order valence-corrected chi connectivity index (χ2v) is 4.45. The highest BCUT2D eigenvalue weighted by atomic mass is 16.6. The normalized spacial score (nSPS) is 16.6. The number of aromatic nitrogens is 1. The van der Waals surface area contributed by atoms with Crippen LogP contribution in [0.4, 0.5) is 11.5 Å². The van der Waals surface area contributed by atoms with Crippen molar-refractivity contribution in [3.63, 3.8) is 0 Å². The van der Waals surface area contributed by atoms with E-state index in [0.717, 1.165) is 0 Å². The van der Waals surface area contributed by atoms with E-state index in [9.17, 15) is 20.0 Å². The lowest BCUT2D eigenvalue weighted by atomic mass is 10.1. The number of pyridine rings is 1. The molecule has 1 aromatic carbocycles. The SMILES string of the molecule is O=C1NC(c2cc([N+](=O)[O-])ccc2O)Nc2ncccc21. The summed E-state index contributed by atoms with van der Waals surface area (Å²) in [5.41, 5.74) is 0.401. The van der Waals surface area contributed by atoms with Crippen molar-refractivity contribution in [2.45, 2.75) is 6.17 Å². The van der Waals surface area contributed by atoms with Crippen LogP contribution in [0.1, 0.15) is 22.1 Å². The lowest BCUT2D eigenvalue weighted by Gasteiger charge is -2.27. The minimum atomic E-state index is -0.792. The van der Waals surface area contributed by atoms with E-state index < -0.39 is 11.1 Å². The van der Waals surface area contributed by atoms with Gasteiger partial charge in [-0.2, -0.15) is 0 Å². The first kappa shape index (κ1) is 12.9. The Morgan fingerprint density at radius 1 is 1.29 bits per heavy atom. The van der Waals surface area contributed by atoms with Crippen molar-refractivity contribution >= 4 is 17.4 Å². The first-order valence-electron chi connectivity index (χ1n) is 6.06. The summed E-state index contributed by atoms with van der Waals surface area (Å²) in [6, 6.07) is 6.85. The fourth-order valence-corrected chi connectivity index (χ4v) is 2.13. The number of aromatic hydroxyl groups is 1. The Labute approximate surface area is 118 Å². The van der Waals surface area contributed by atoms with Gasteiger partial charge in [0.25, 0.3) is 11.6 Å². The Bertz CT molecular complexity index is 747. The highest BCUT2D eigenvalue weighted by Gasteiger charge is 2.28. The van der Waals surface area contributed by atoms with Crippen molar-refractivity contribution in [2.24, 2.45) is 0 Å². The molecule has 0 saturated carbocycles. The van der Waals surface area contributed by atoms with Crippen molar-refractivity contribution in [1.29, 1.82) is 0 Å². The molecular weight excluding hydrogens is 276 g/mol. The topological polar surface area (TPSA) is 117 Å². The molecule has 0 spiro atoms. The molecule has 3 rings (SSSR count). The number of carbonyl (C=O) groups is 1. The Balaban J connectivity index is 2.01. The van der Waals surface area contributed by atoms with Crippen LogP contribution in [-0.4, -0.2) is 20.9 Å². The number of phenolic OH excluding ortho intramolecular Hbond substituents is 1. The molecule has 0 saturated heterocycles. The number of benzene rings is 1. The van der Waals surface area contributed by atoms with Crippen LogP contribution in [0, 0.1) is 10.1 Å². The Kier molecular flexibility index (Phi) is 2.90. The lowest BCUT2D eigenvalue weighted by Crippen LogP contribution is -2.38. The molecule has 2 aromatic rings. The molecule has 1 atom stereocenters. The second-order valence-electron chi connectivity index (χ2n) is 4.45. The highest BCUT2D eigenvalue weighted by Crippen LogP contribution is 2.31. The van der Waals surface area contributed by atoms with Gasteiger partial charge in [-0.1, -0.05) is 0 Å². The van der Waals surface area contributed by atoms with Crippen molar-refractivity contribution in [1.82, 2.24) is 10.3 Å². The van der Waals surface area contributed by atoms with Gasteiger partial charge in [0.15, 0.2) is 0 Å². The number of rotatable bonds is 2. The molecule has 0 fully saturated rings. The van der Waals surface area contributed by atoms with E-state index >= 15 is 0 Å². The first-order valence-corrected chi connectivity index (χ1v) is 6.06. The molecule has 3 N–H and O–H groups in total. The number of nitrogens with zero attached hydrogens (tertiary/aromatic N) is 2. The van der Waals surface area contributed by atoms with Crippen LogP contribution in [0.3, 0.4) is 0 Å². The van der Waals surface area contributed by atoms with E-state index in [1.165, 1.54) is 24.4 Å². The van der Waals surface area contributed by atoms with Crippen LogP contribution < -0.4 is 10.6 Å². The Hall–Kier alpha value is -3.16. The number of hydrogen-bond acceptors (Lipinski definition) is 6. The number of anilines is 1. The molecule has 8 nitrogen and oxygen atoms in total. The summed E-state index contributed by atoms with van der Waals surface area (Å²) >= 11 is 0. The quantitative estimate of drug-likeness (QED) is 0.569. The number of nitro benzene ring substituents is 1. The molecule has 1 aliphatic heterocycles. The standard InChI is InChI=1S/C13H10N4O4/c18-10-4-3-7(17(20)21)6-9(10)12-15-11-8(13(19)16-12)2-1-5-14-11/h1-6,12,18H,(H,14,15)(H,16,19). The molecule has 1 amide bonds. The number of phenols is 1. The van der Waals surface area contributed by atoms with Crippen molar-refractivity contribution in [2.75, 3.05) is 5.32 Å². The van der Waals surface area contributed by atoms with Crippen LogP contribution in [0.2, 0.25) is 0 Å². The number of amides is 1. The van der Waals surface area contributed by atoms with Gasteiger partial charge in [-0.15, -0.1) is 0 Å². The highest BCUT2D eigenvalue weighted by molar-refractivity contribution is 6.00.